The first-order valence-electron chi connectivity index (χ1n) is 12.0. The molecule has 3 rings (SSSR count). The van der Waals surface area contributed by atoms with Gasteiger partial charge in [0.15, 0.2) is 11.6 Å². The fourth-order valence-electron chi connectivity index (χ4n) is 4.23. The van der Waals surface area contributed by atoms with E-state index < -0.39 is 0 Å². The van der Waals surface area contributed by atoms with E-state index in [4.69, 9.17) is 0 Å². The van der Waals surface area contributed by atoms with Gasteiger partial charge in [0, 0.05) is 44.5 Å². The number of hydrogen-bond donors (Lipinski definition) is 1. The van der Waals surface area contributed by atoms with Crippen molar-refractivity contribution in [2.24, 2.45) is 5.92 Å². The number of amides is 2. The predicted octanol–water partition coefficient (Wildman–Crippen LogP) is 2.09. The van der Waals surface area contributed by atoms with E-state index in [2.05, 4.69) is 29.4 Å². The summed E-state index contributed by atoms with van der Waals surface area (Å²) in [5.74, 6) is 1.83. The van der Waals surface area contributed by atoms with Crippen LogP contribution >= 0.6 is 0 Å². The van der Waals surface area contributed by atoms with Crippen LogP contribution in [0.5, 0.6) is 0 Å². The SMILES string of the molecule is CC(C)C[C@@H](NC(=O)CN(C)C)c1nnc2n1CCN(C(=O)CCC(=O)c1ccccc1)CC2. The van der Waals surface area contributed by atoms with E-state index in [1.165, 1.54) is 0 Å². The number of Topliss-reactive ketones (excluding diaryl/α,β-unsaturated/α-hetero) is 1. The normalized spacial score (nSPS) is 14.6. The van der Waals surface area contributed by atoms with Gasteiger partial charge in [-0.05, 0) is 26.4 Å². The van der Waals surface area contributed by atoms with Crippen LogP contribution in [0.3, 0.4) is 0 Å². The molecule has 2 amide bonds. The molecule has 184 valence electrons. The van der Waals surface area contributed by atoms with Gasteiger partial charge in [0.2, 0.25) is 11.8 Å². The number of ketones is 1. The molecule has 1 aliphatic rings. The zero-order valence-electron chi connectivity index (χ0n) is 20.7. The number of aromatic nitrogens is 3. The quantitative estimate of drug-likeness (QED) is 0.536. The zero-order chi connectivity index (χ0) is 24.7. The van der Waals surface area contributed by atoms with Crippen molar-refractivity contribution in [1.29, 1.82) is 0 Å². The molecule has 0 unspecified atom stereocenters. The average Bonchev–Trinajstić information content (AvgIpc) is 3.07. The van der Waals surface area contributed by atoms with Gasteiger partial charge in [0.1, 0.15) is 5.82 Å². The zero-order valence-corrected chi connectivity index (χ0v) is 20.7. The van der Waals surface area contributed by atoms with Crippen molar-refractivity contribution in [3.8, 4) is 0 Å². The van der Waals surface area contributed by atoms with Crippen LogP contribution in [0.2, 0.25) is 0 Å². The van der Waals surface area contributed by atoms with E-state index in [1.54, 1.807) is 17.0 Å². The fraction of sp³-hybridized carbons (Fsp3) is 0.560. The summed E-state index contributed by atoms with van der Waals surface area (Å²) in [6.07, 6.45) is 1.73. The molecule has 0 bridgehead atoms. The highest BCUT2D eigenvalue weighted by atomic mass is 16.2. The lowest BCUT2D eigenvalue weighted by Crippen LogP contribution is -2.38. The smallest absolute Gasteiger partial charge is 0.234 e. The Balaban J connectivity index is 1.63. The molecule has 1 N–H and O–H groups in total. The van der Waals surface area contributed by atoms with E-state index in [0.717, 1.165) is 18.1 Å². The maximum Gasteiger partial charge on any atom is 0.234 e. The maximum absolute atomic E-state index is 12.8. The molecule has 1 aromatic carbocycles. The van der Waals surface area contributed by atoms with Crippen LogP contribution in [0, 0.1) is 5.92 Å². The molecule has 2 aromatic rings. The van der Waals surface area contributed by atoms with E-state index in [-0.39, 0.29) is 36.5 Å². The molecule has 1 aromatic heterocycles. The van der Waals surface area contributed by atoms with Crippen LogP contribution in [0.1, 0.15) is 61.2 Å². The molecular weight excluding hydrogens is 432 g/mol. The van der Waals surface area contributed by atoms with Crippen LogP contribution in [-0.2, 0) is 22.6 Å². The van der Waals surface area contributed by atoms with Crippen molar-refractivity contribution in [3.05, 3.63) is 47.5 Å². The summed E-state index contributed by atoms with van der Waals surface area (Å²) < 4.78 is 2.05. The minimum Gasteiger partial charge on any atom is -0.345 e. The number of likely N-dealkylation sites (N-methyl/N-ethyl adjacent to an activating group) is 1. The third-order valence-electron chi connectivity index (χ3n) is 5.88. The van der Waals surface area contributed by atoms with Gasteiger partial charge in [-0.3, -0.25) is 14.4 Å². The first kappa shape index (κ1) is 25.6. The van der Waals surface area contributed by atoms with Gasteiger partial charge in [0.05, 0.1) is 12.6 Å². The van der Waals surface area contributed by atoms with E-state index >= 15 is 0 Å². The van der Waals surface area contributed by atoms with E-state index in [9.17, 15) is 14.4 Å². The van der Waals surface area contributed by atoms with Crippen molar-refractivity contribution in [2.75, 3.05) is 33.7 Å². The summed E-state index contributed by atoms with van der Waals surface area (Å²) in [6.45, 7) is 6.16. The number of carbonyl (C=O) groups is 3. The Kier molecular flexibility index (Phi) is 8.92. The molecule has 1 aliphatic heterocycles. The number of hydrogen-bond acceptors (Lipinski definition) is 6. The van der Waals surface area contributed by atoms with Crippen molar-refractivity contribution in [1.82, 2.24) is 29.9 Å². The summed E-state index contributed by atoms with van der Waals surface area (Å²) in [6, 6.07) is 8.83. The number of rotatable bonds is 10. The topological polar surface area (TPSA) is 100 Å². The molecule has 0 saturated heterocycles. The van der Waals surface area contributed by atoms with Crippen LogP contribution in [0.4, 0.5) is 0 Å². The van der Waals surface area contributed by atoms with Crippen LogP contribution in [0.15, 0.2) is 30.3 Å². The first-order valence-corrected chi connectivity index (χ1v) is 12.0. The highest BCUT2D eigenvalue weighted by Crippen LogP contribution is 2.22. The molecule has 2 heterocycles. The Bertz CT molecular complexity index is 986. The lowest BCUT2D eigenvalue weighted by Gasteiger charge is -2.23. The second-order valence-electron chi connectivity index (χ2n) is 9.53. The maximum atomic E-state index is 12.8. The molecule has 0 fully saturated rings. The van der Waals surface area contributed by atoms with Crippen LogP contribution in [-0.4, -0.2) is 75.9 Å². The number of nitrogens with zero attached hydrogens (tertiary/aromatic N) is 5. The van der Waals surface area contributed by atoms with E-state index in [1.807, 2.05) is 41.8 Å². The third kappa shape index (κ3) is 6.96. The Morgan fingerprint density at radius 3 is 2.44 bits per heavy atom. The highest BCUT2D eigenvalue weighted by Gasteiger charge is 2.27. The molecule has 0 aliphatic carbocycles. The number of benzene rings is 1. The van der Waals surface area contributed by atoms with Crippen molar-refractivity contribution in [2.45, 2.75) is 52.1 Å². The van der Waals surface area contributed by atoms with Gasteiger partial charge in [-0.2, -0.15) is 0 Å². The summed E-state index contributed by atoms with van der Waals surface area (Å²) in [7, 11) is 3.72. The van der Waals surface area contributed by atoms with Crippen molar-refractivity contribution >= 4 is 17.6 Å². The van der Waals surface area contributed by atoms with Crippen molar-refractivity contribution < 1.29 is 14.4 Å². The minimum atomic E-state index is -0.237. The molecule has 9 heteroatoms. The second kappa shape index (κ2) is 11.9. The summed E-state index contributed by atoms with van der Waals surface area (Å²) >= 11 is 0. The highest BCUT2D eigenvalue weighted by molar-refractivity contribution is 5.97. The summed E-state index contributed by atoms with van der Waals surface area (Å²) in [5, 5.41) is 11.9. The summed E-state index contributed by atoms with van der Waals surface area (Å²) in [4.78, 5) is 41.3. The van der Waals surface area contributed by atoms with Gasteiger partial charge in [-0.25, -0.2) is 0 Å². The largest absolute Gasteiger partial charge is 0.345 e. The van der Waals surface area contributed by atoms with Gasteiger partial charge in [0.25, 0.3) is 0 Å². The standard InChI is InChI=1S/C25H36N6O3/c1-18(2)16-20(26-23(33)17-29(3)4)25-28-27-22-12-13-30(14-15-31(22)25)24(34)11-10-21(32)19-8-6-5-7-9-19/h5-9,18,20H,10-17H2,1-4H3,(H,26,33)/t20-/m1/s1. The molecule has 0 radical (unpaired) electrons. The molecular formula is C25H36N6O3. The van der Waals surface area contributed by atoms with Gasteiger partial charge in [-0.1, -0.05) is 44.2 Å². The predicted molar refractivity (Wildman–Crippen MR) is 129 cm³/mol. The summed E-state index contributed by atoms with van der Waals surface area (Å²) in [5.41, 5.74) is 0.634. The van der Waals surface area contributed by atoms with Crippen LogP contribution < -0.4 is 5.32 Å². The molecule has 0 spiro atoms. The fourth-order valence-corrected chi connectivity index (χ4v) is 4.23. The number of carbonyl (C=O) groups excluding carboxylic acids is 3. The van der Waals surface area contributed by atoms with Gasteiger partial charge >= 0.3 is 0 Å². The number of nitrogens with one attached hydrogen (secondary N) is 1. The lowest BCUT2D eigenvalue weighted by molar-refractivity contribution is -0.131. The Hall–Kier alpha value is -3.07. The lowest BCUT2D eigenvalue weighted by atomic mass is 10.0. The second-order valence-corrected chi connectivity index (χ2v) is 9.53. The first-order chi connectivity index (χ1) is 16.2. The third-order valence-corrected chi connectivity index (χ3v) is 5.88. The van der Waals surface area contributed by atoms with Gasteiger partial charge in [-0.15, -0.1) is 10.2 Å². The average molecular weight is 469 g/mol. The molecule has 1 atom stereocenters. The minimum absolute atomic E-state index is 0.0202. The Morgan fingerprint density at radius 2 is 1.76 bits per heavy atom. The number of fused-ring (bicyclic) bond motifs is 1. The van der Waals surface area contributed by atoms with E-state index in [0.29, 0.717) is 44.1 Å². The Labute approximate surface area is 201 Å². The monoisotopic (exact) mass is 468 g/mol. The Morgan fingerprint density at radius 1 is 1.03 bits per heavy atom. The van der Waals surface area contributed by atoms with Crippen LogP contribution in [0.25, 0.3) is 0 Å². The molecule has 9 nitrogen and oxygen atoms in total. The van der Waals surface area contributed by atoms with Gasteiger partial charge < -0.3 is 19.7 Å². The molecule has 0 saturated carbocycles. The molecule has 34 heavy (non-hydrogen) atoms. The van der Waals surface area contributed by atoms with Crippen molar-refractivity contribution in [3.63, 3.8) is 0 Å².